The maximum atomic E-state index is 11.9. The molecule has 0 aliphatic heterocycles. The normalized spacial score (nSPS) is 12.6. The fourth-order valence-corrected chi connectivity index (χ4v) is 2.74. The van der Waals surface area contributed by atoms with Crippen LogP contribution in [0.1, 0.15) is 76.4 Å². The summed E-state index contributed by atoms with van der Waals surface area (Å²) in [6.45, 7) is 13.6. The number of hydrogen-bond acceptors (Lipinski definition) is 6. The third-order valence-corrected chi connectivity index (χ3v) is 4.38. The Bertz CT molecular complexity index is 593. The van der Waals surface area contributed by atoms with Crippen molar-refractivity contribution < 1.29 is 4.79 Å². The van der Waals surface area contributed by atoms with Crippen LogP contribution in [0.2, 0.25) is 0 Å². The molecular formula is C20H34N4OS. The summed E-state index contributed by atoms with van der Waals surface area (Å²) in [4.78, 5) is 16.3. The summed E-state index contributed by atoms with van der Waals surface area (Å²) in [5.74, 6) is 0.579. The first-order valence-corrected chi connectivity index (χ1v) is 9.90. The fraction of sp³-hybridized carbons (Fsp3) is 0.550. The van der Waals surface area contributed by atoms with E-state index in [1.54, 1.807) is 6.08 Å². The minimum Gasteiger partial charge on any atom is -0.382 e. The molecule has 0 atom stereocenters. The molecule has 0 spiro atoms. The van der Waals surface area contributed by atoms with Gasteiger partial charge in [-0.15, -0.1) is 6.58 Å². The first-order valence-electron chi connectivity index (χ1n) is 9.08. The van der Waals surface area contributed by atoms with Gasteiger partial charge in [-0.25, -0.2) is 4.98 Å². The van der Waals surface area contributed by atoms with Gasteiger partial charge in [0.1, 0.15) is 10.7 Å². The summed E-state index contributed by atoms with van der Waals surface area (Å²) in [6.07, 6.45) is 8.49. The highest BCUT2D eigenvalue weighted by molar-refractivity contribution is 7.17. The fourth-order valence-electron chi connectivity index (χ4n) is 1.97. The molecule has 6 heteroatoms. The lowest BCUT2D eigenvalue weighted by molar-refractivity contribution is 0.0927. The third kappa shape index (κ3) is 11.4. The molecule has 0 aromatic carbocycles. The van der Waals surface area contributed by atoms with E-state index in [0.29, 0.717) is 15.8 Å². The minimum atomic E-state index is 0.134. The van der Waals surface area contributed by atoms with E-state index in [1.165, 1.54) is 23.0 Å². The summed E-state index contributed by atoms with van der Waals surface area (Å²) < 4.78 is 0. The maximum absolute atomic E-state index is 11.9. The lowest BCUT2D eigenvalue weighted by atomic mass is 10.0. The molecule has 26 heavy (non-hydrogen) atoms. The zero-order valence-corrected chi connectivity index (χ0v) is 17.7. The van der Waals surface area contributed by atoms with Gasteiger partial charge in [0, 0.05) is 12.0 Å². The van der Waals surface area contributed by atoms with E-state index in [0.717, 1.165) is 32.1 Å². The molecule has 1 aliphatic carbocycles. The van der Waals surface area contributed by atoms with Crippen LogP contribution in [0.4, 0.5) is 10.9 Å². The van der Waals surface area contributed by atoms with Crippen LogP contribution in [-0.4, -0.2) is 10.8 Å². The van der Waals surface area contributed by atoms with E-state index < -0.39 is 0 Å². The van der Waals surface area contributed by atoms with Gasteiger partial charge in [-0.2, -0.15) is 5.26 Å². The first kappa shape index (κ1) is 26.1. The number of ketones is 1. The number of carbonyl (C=O) groups is 1. The Morgan fingerprint density at radius 3 is 2.15 bits per heavy atom. The summed E-state index contributed by atoms with van der Waals surface area (Å²) in [7, 11) is 0. The Balaban J connectivity index is 0. The number of nitrogen functional groups attached to an aromatic ring is 2. The van der Waals surface area contributed by atoms with E-state index in [-0.39, 0.29) is 11.7 Å². The largest absolute Gasteiger partial charge is 0.382 e. The van der Waals surface area contributed by atoms with Gasteiger partial charge in [-0.3, -0.25) is 4.79 Å². The molecule has 0 saturated heterocycles. The first-order chi connectivity index (χ1) is 12.4. The molecule has 1 aromatic heterocycles. The Morgan fingerprint density at radius 2 is 1.88 bits per heavy atom. The number of aromatic nitrogens is 1. The predicted molar refractivity (Wildman–Crippen MR) is 114 cm³/mol. The van der Waals surface area contributed by atoms with Crippen molar-refractivity contribution in [3.8, 4) is 6.07 Å². The third-order valence-electron chi connectivity index (χ3n) is 3.46. The van der Waals surface area contributed by atoms with Gasteiger partial charge in [0.15, 0.2) is 10.9 Å². The number of nitrogens with two attached hydrogens (primary N) is 2. The molecule has 4 N–H and O–H groups in total. The number of nitriles is 1. The van der Waals surface area contributed by atoms with Crippen LogP contribution < -0.4 is 11.5 Å². The standard InChI is InChI=1S/C9H13N3OS.C5H10.C4H5N.C2H6/c10-8-7(14-9(11)12-8)6(13)5-3-1-2-4-5;1-4-5(2)3;1-2-3-4-5;1-2/h5H,1-4,10H2,(H2,11,12);2,4H2,1,3H3;2-3H,1H3;1-2H3/b;;3-2+;. The van der Waals surface area contributed by atoms with Crippen LogP contribution in [0.15, 0.2) is 24.3 Å². The van der Waals surface area contributed by atoms with Crippen LogP contribution in [0.3, 0.4) is 0 Å². The average Bonchev–Trinajstić information content (AvgIpc) is 3.27. The quantitative estimate of drug-likeness (QED) is 0.395. The number of anilines is 2. The van der Waals surface area contributed by atoms with Crippen molar-refractivity contribution in [1.29, 1.82) is 5.26 Å². The van der Waals surface area contributed by atoms with E-state index in [9.17, 15) is 4.79 Å². The second kappa shape index (κ2) is 16.3. The summed E-state index contributed by atoms with van der Waals surface area (Å²) >= 11 is 1.20. The average molecular weight is 379 g/mol. The van der Waals surface area contributed by atoms with Gasteiger partial charge in [0.25, 0.3) is 0 Å². The van der Waals surface area contributed by atoms with Crippen LogP contribution in [0.5, 0.6) is 0 Å². The molecular weight excluding hydrogens is 344 g/mol. The molecule has 146 valence electrons. The molecule has 0 radical (unpaired) electrons. The van der Waals surface area contributed by atoms with Gasteiger partial charge in [-0.1, -0.05) is 56.6 Å². The van der Waals surface area contributed by atoms with Crippen molar-refractivity contribution in [2.75, 3.05) is 11.5 Å². The Hall–Kier alpha value is -2.13. The topological polar surface area (TPSA) is 106 Å². The van der Waals surface area contributed by atoms with Gasteiger partial charge in [-0.05, 0) is 33.1 Å². The van der Waals surface area contributed by atoms with Crippen molar-refractivity contribution in [1.82, 2.24) is 4.98 Å². The van der Waals surface area contributed by atoms with Gasteiger partial charge >= 0.3 is 0 Å². The number of nitrogens with zero attached hydrogens (tertiary/aromatic N) is 2. The van der Waals surface area contributed by atoms with Crippen molar-refractivity contribution >= 4 is 28.1 Å². The highest BCUT2D eigenvalue weighted by atomic mass is 32.1. The smallest absolute Gasteiger partial charge is 0.182 e. The number of Topliss-reactive ketones (excluding diaryl/α,β-unsaturated/α-hetero) is 1. The molecule has 5 nitrogen and oxygen atoms in total. The summed E-state index contributed by atoms with van der Waals surface area (Å²) in [5, 5.41) is 8.11. The maximum Gasteiger partial charge on any atom is 0.182 e. The molecule has 1 aliphatic rings. The number of rotatable bonds is 3. The zero-order valence-electron chi connectivity index (χ0n) is 16.8. The lowest BCUT2D eigenvalue weighted by Crippen LogP contribution is -2.11. The van der Waals surface area contributed by atoms with E-state index in [2.05, 4.69) is 18.5 Å². The van der Waals surface area contributed by atoms with Crippen molar-refractivity contribution in [3.63, 3.8) is 0 Å². The number of allylic oxidation sites excluding steroid dienone is 3. The SMILES string of the molecule is C/C=C/C#N.C=C(C)CC.CC.Nc1nc(N)c(C(=O)C2CCCC2)s1. The highest BCUT2D eigenvalue weighted by Gasteiger charge is 2.27. The van der Waals surface area contributed by atoms with Crippen molar-refractivity contribution in [2.45, 2.75) is 66.7 Å². The molecule has 1 fully saturated rings. The minimum absolute atomic E-state index is 0.134. The Kier molecular flexibility index (Phi) is 16.4. The van der Waals surface area contributed by atoms with Crippen LogP contribution in [-0.2, 0) is 0 Å². The van der Waals surface area contributed by atoms with Gasteiger partial charge in [0.05, 0.1) is 6.07 Å². The van der Waals surface area contributed by atoms with Gasteiger partial charge in [0.2, 0.25) is 0 Å². The number of thiazole rings is 1. The van der Waals surface area contributed by atoms with E-state index in [1.807, 2.05) is 33.8 Å². The Morgan fingerprint density at radius 1 is 1.38 bits per heavy atom. The van der Waals surface area contributed by atoms with E-state index >= 15 is 0 Å². The monoisotopic (exact) mass is 378 g/mol. The molecule has 2 rings (SSSR count). The Labute approximate surface area is 162 Å². The second-order valence-corrected chi connectivity index (χ2v) is 6.58. The van der Waals surface area contributed by atoms with Crippen molar-refractivity contribution in [3.05, 3.63) is 29.2 Å². The lowest BCUT2D eigenvalue weighted by Gasteiger charge is -2.04. The summed E-state index contributed by atoms with van der Waals surface area (Å²) in [6, 6.07) is 1.84. The van der Waals surface area contributed by atoms with Gasteiger partial charge < -0.3 is 11.5 Å². The highest BCUT2D eigenvalue weighted by Crippen LogP contribution is 2.32. The molecule has 0 amide bonds. The number of carbonyl (C=O) groups excluding carboxylic acids is 1. The van der Waals surface area contributed by atoms with Crippen molar-refractivity contribution in [2.24, 2.45) is 5.92 Å². The molecule has 1 aromatic rings. The zero-order chi connectivity index (χ0) is 20.5. The number of hydrogen-bond donors (Lipinski definition) is 2. The van der Waals surface area contributed by atoms with Crippen LogP contribution in [0, 0.1) is 17.2 Å². The van der Waals surface area contributed by atoms with Crippen LogP contribution >= 0.6 is 11.3 Å². The predicted octanol–water partition coefficient (Wildman–Crippen LogP) is 5.77. The molecule has 1 heterocycles. The second-order valence-electron chi connectivity index (χ2n) is 5.55. The molecule has 0 unspecified atom stereocenters. The van der Waals surface area contributed by atoms with Crippen LogP contribution in [0.25, 0.3) is 0 Å². The summed E-state index contributed by atoms with van der Waals surface area (Å²) in [5.41, 5.74) is 12.4. The van der Waals surface area contributed by atoms with E-state index in [4.69, 9.17) is 16.7 Å². The molecule has 0 bridgehead atoms. The molecule has 1 saturated carbocycles.